The second-order valence-corrected chi connectivity index (χ2v) is 24.8. The van der Waals surface area contributed by atoms with Gasteiger partial charge in [0.25, 0.3) is 14.2 Å². The molecule has 1 aromatic heterocycles. The third-order valence-corrected chi connectivity index (χ3v) is 19.6. The molecule has 0 radical (unpaired) electrons. The monoisotopic (exact) mass is 697 g/mol. The van der Waals surface area contributed by atoms with Crippen molar-refractivity contribution < 1.29 is 18.4 Å². The number of nitrogens with one attached hydrogen (secondary N) is 1. The molecule has 0 aliphatic carbocycles. The minimum absolute atomic E-state index is 0.0398. The van der Waals surface area contributed by atoms with E-state index in [0.29, 0.717) is 12.0 Å². The van der Waals surface area contributed by atoms with Gasteiger partial charge in [-0.15, -0.1) is 0 Å². The van der Waals surface area contributed by atoms with E-state index in [-0.39, 0.29) is 34.5 Å². The molecule has 49 heavy (non-hydrogen) atoms. The lowest BCUT2D eigenvalue weighted by Gasteiger charge is -2.46. The number of amides is 1. The Balaban J connectivity index is 1.50. The van der Waals surface area contributed by atoms with Crippen molar-refractivity contribution in [2.75, 3.05) is 11.9 Å². The Morgan fingerprint density at radius 1 is 0.878 bits per heavy atom. The van der Waals surface area contributed by atoms with Crippen LogP contribution in [-0.4, -0.2) is 50.4 Å². The number of hydrogen-bond donors (Lipinski definition) is 1. The van der Waals surface area contributed by atoms with Gasteiger partial charge in [0.05, 0.1) is 12.7 Å². The maximum Gasteiger partial charge on any atom is 0.351 e. The van der Waals surface area contributed by atoms with Crippen LogP contribution in [-0.2, 0) is 13.6 Å². The summed E-state index contributed by atoms with van der Waals surface area (Å²) in [6.07, 6.45) is 1.10. The van der Waals surface area contributed by atoms with E-state index in [1.54, 1.807) is 36.5 Å². The average molecular weight is 698 g/mol. The molecule has 260 valence electrons. The zero-order valence-corrected chi connectivity index (χ0v) is 32.3. The molecule has 2 heterocycles. The largest absolute Gasteiger partial charge is 0.411 e. The summed E-state index contributed by atoms with van der Waals surface area (Å²) in [5.74, 6) is -0.154. The Morgan fingerprint density at radius 3 is 1.90 bits per heavy atom. The molecule has 1 aliphatic heterocycles. The summed E-state index contributed by atoms with van der Waals surface area (Å²) < 4.78 is 22.9. The van der Waals surface area contributed by atoms with Crippen LogP contribution in [0.4, 0.5) is 5.82 Å². The molecule has 10 heteroatoms. The SMILES string of the molecule is CC(C)(C)[Si](C)(C)O[C@H]1C[C@H](n2ccc(NC(=O)c3ccccc3)nc2=O)O[C@]1(C)CO[Si](c1ccccc1)(c1ccccc1)C(C)(C)C. The maximum absolute atomic E-state index is 13.5. The Hall–Kier alpha value is -3.68. The van der Waals surface area contributed by atoms with Gasteiger partial charge >= 0.3 is 5.69 Å². The number of benzene rings is 3. The highest BCUT2D eigenvalue weighted by molar-refractivity contribution is 6.99. The van der Waals surface area contributed by atoms with Crippen molar-refractivity contribution in [1.29, 1.82) is 0 Å². The number of rotatable bonds is 10. The molecule has 0 spiro atoms. The number of carbonyl (C=O) groups excluding carboxylic acids is 1. The van der Waals surface area contributed by atoms with Crippen LogP contribution in [0.1, 0.15) is 71.5 Å². The molecular formula is C39H51N3O5Si2. The predicted octanol–water partition coefficient (Wildman–Crippen LogP) is 7.14. The number of aromatic nitrogens is 2. The molecule has 1 amide bonds. The van der Waals surface area contributed by atoms with Crippen LogP contribution in [0.3, 0.4) is 0 Å². The third-order valence-electron chi connectivity index (χ3n) is 10.2. The van der Waals surface area contributed by atoms with Crippen molar-refractivity contribution in [2.45, 2.75) is 96.0 Å². The molecule has 1 fully saturated rings. The highest BCUT2D eigenvalue weighted by atomic mass is 28.4. The summed E-state index contributed by atoms with van der Waals surface area (Å²) in [6, 6.07) is 31.6. The van der Waals surface area contributed by atoms with Gasteiger partial charge in [-0.2, -0.15) is 4.98 Å². The number of carbonyl (C=O) groups is 1. The highest BCUT2D eigenvalue weighted by Gasteiger charge is 2.55. The molecule has 1 N–H and O–H groups in total. The van der Waals surface area contributed by atoms with Crippen molar-refractivity contribution in [3.63, 3.8) is 0 Å². The molecule has 1 aliphatic rings. The van der Waals surface area contributed by atoms with Crippen molar-refractivity contribution in [2.24, 2.45) is 0 Å². The van der Waals surface area contributed by atoms with Gasteiger partial charge in [-0.1, -0.05) is 120 Å². The topological polar surface area (TPSA) is 91.7 Å². The quantitative estimate of drug-likeness (QED) is 0.177. The van der Waals surface area contributed by atoms with Gasteiger partial charge in [0.15, 0.2) is 8.32 Å². The van der Waals surface area contributed by atoms with E-state index in [0.717, 1.165) is 0 Å². The van der Waals surface area contributed by atoms with Crippen molar-refractivity contribution in [3.8, 4) is 0 Å². The van der Waals surface area contributed by atoms with Crippen LogP contribution >= 0.6 is 0 Å². The summed E-state index contributed by atoms with van der Waals surface area (Å²) >= 11 is 0. The van der Waals surface area contributed by atoms with Crippen LogP contribution in [0.15, 0.2) is 108 Å². The van der Waals surface area contributed by atoms with E-state index in [9.17, 15) is 9.59 Å². The van der Waals surface area contributed by atoms with Gasteiger partial charge in [-0.05, 0) is 58.7 Å². The van der Waals surface area contributed by atoms with Crippen LogP contribution in [0.5, 0.6) is 0 Å². The lowest BCUT2D eigenvalue weighted by Crippen LogP contribution is -2.68. The Kier molecular flexibility index (Phi) is 10.4. The summed E-state index contributed by atoms with van der Waals surface area (Å²) in [5, 5.41) is 4.84. The normalized spacial score (nSPS) is 20.3. The smallest absolute Gasteiger partial charge is 0.351 e. The first-order chi connectivity index (χ1) is 23.0. The van der Waals surface area contributed by atoms with Crippen LogP contribution in [0.2, 0.25) is 23.2 Å². The lowest BCUT2D eigenvalue weighted by molar-refractivity contribution is -0.110. The van der Waals surface area contributed by atoms with Crippen LogP contribution < -0.4 is 21.4 Å². The number of nitrogens with zero attached hydrogens (tertiary/aromatic N) is 2. The van der Waals surface area contributed by atoms with E-state index in [4.69, 9.17) is 13.6 Å². The highest BCUT2D eigenvalue weighted by Crippen LogP contribution is 2.46. The second kappa shape index (κ2) is 13.9. The summed E-state index contributed by atoms with van der Waals surface area (Å²) in [5.41, 5.74) is -0.915. The number of anilines is 1. The van der Waals surface area contributed by atoms with Crippen molar-refractivity contribution in [3.05, 3.63) is 119 Å². The van der Waals surface area contributed by atoms with Crippen molar-refractivity contribution >= 4 is 38.7 Å². The molecule has 3 atom stereocenters. The zero-order valence-electron chi connectivity index (χ0n) is 30.3. The zero-order chi connectivity index (χ0) is 35.7. The summed E-state index contributed by atoms with van der Waals surface area (Å²) in [6.45, 7) is 20.2. The van der Waals surface area contributed by atoms with Gasteiger partial charge in [0.2, 0.25) is 0 Å². The standard InChI is InChI=1S/C39H51N3O5Si2/c1-37(2,3)48(8,9)47-32-27-34(42-26-25-33(41-36(42)44)40-35(43)29-19-13-10-14-20-29)46-39(32,7)28-45-49(38(4,5)6,30-21-15-11-16-22-30)31-23-17-12-18-24-31/h10-26,32,34H,27-28H2,1-9H3,(H,40,41,43,44)/t32-,34+,39+/m0/s1. The molecule has 0 saturated carbocycles. The van der Waals surface area contributed by atoms with Crippen LogP contribution in [0.25, 0.3) is 0 Å². The summed E-state index contributed by atoms with van der Waals surface area (Å²) in [7, 11) is -5.17. The van der Waals surface area contributed by atoms with Gasteiger partial charge < -0.3 is 18.9 Å². The van der Waals surface area contributed by atoms with E-state index in [1.165, 1.54) is 14.9 Å². The lowest BCUT2D eigenvalue weighted by atomic mass is 10.0. The molecular weight excluding hydrogens is 647 g/mol. The van der Waals surface area contributed by atoms with E-state index in [1.807, 2.05) is 18.2 Å². The van der Waals surface area contributed by atoms with E-state index >= 15 is 0 Å². The summed E-state index contributed by atoms with van der Waals surface area (Å²) in [4.78, 5) is 30.4. The molecule has 8 nitrogen and oxygen atoms in total. The van der Waals surface area contributed by atoms with Crippen LogP contribution in [0, 0.1) is 0 Å². The fourth-order valence-corrected chi connectivity index (χ4v) is 12.4. The maximum atomic E-state index is 13.5. The van der Waals surface area contributed by atoms with Gasteiger partial charge in [-0.3, -0.25) is 9.36 Å². The van der Waals surface area contributed by atoms with Gasteiger partial charge in [0, 0.05) is 18.2 Å². The Bertz CT molecular complexity index is 1750. The van der Waals surface area contributed by atoms with Gasteiger partial charge in [-0.25, -0.2) is 4.79 Å². The predicted molar refractivity (Wildman–Crippen MR) is 202 cm³/mol. The first-order valence-corrected chi connectivity index (χ1v) is 21.8. The minimum Gasteiger partial charge on any atom is -0.411 e. The number of hydrogen-bond acceptors (Lipinski definition) is 6. The fourth-order valence-electron chi connectivity index (χ4n) is 6.36. The molecule has 3 aromatic carbocycles. The average Bonchev–Trinajstić information content (AvgIpc) is 3.36. The van der Waals surface area contributed by atoms with Crippen molar-refractivity contribution in [1.82, 2.24) is 9.55 Å². The first kappa shape index (κ1) is 36.6. The fraction of sp³-hybridized carbons (Fsp3) is 0.410. The molecule has 1 saturated heterocycles. The first-order valence-electron chi connectivity index (χ1n) is 17.0. The van der Waals surface area contributed by atoms with E-state index in [2.05, 4.69) is 120 Å². The Morgan fingerprint density at radius 2 is 1.41 bits per heavy atom. The molecule has 4 aromatic rings. The number of ether oxygens (including phenoxy) is 1. The third kappa shape index (κ3) is 7.58. The van der Waals surface area contributed by atoms with Gasteiger partial charge in [0.1, 0.15) is 17.6 Å². The molecule has 0 unspecified atom stereocenters. The minimum atomic E-state index is -2.90. The Labute approximate surface area is 293 Å². The molecule has 0 bridgehead atoms. The molecule has 5 rings (SSSR count). The van der Waals surface area contributed by atoms with E-state index < -0.39 is 34.2 Å². The second-order valence-electron chi connectivity index (χ2n) is 15.8.